The number of benzene rings is 3. The van der Waals surface area contributed by atoms with Crippen molar-refractivity contribution in [1.29, 1.82) is 0 Å². The molecule has 4 heteroatoms. The summed E-state index contributed by atoms with van der Waals surface area (Å²) in [6.07, 6.45) is 0. The van der Waals surface area contributed by atoms with Gasteiger partial charge in [0.25, 0.3) is 0 Å². The van der Waals surface area contributed by atoms with Gasteiger partial charge in [0.05, 0.1) is 12.1 Å². The highest BCUT2D eigenvalue weighted by Crippen LogP contribution is 2.21. The summed E-state index contributed by atoms with van der Waals surface area (Å²) in [5.41, 5.74) is 6.32. The molecule has 0 radical (unpaired) electrons. The molecular formula is C19H15NO3. The molecule has 0 aromatic heterocycles. The summed E-state index contributed by atoms with van der Waals surface area (Å²) >= 11 is 0. The van der Waals surface area contributed by atoms with E-state index >= 15 is 0 Å². The Balaban J connectivity index is 1.85. The first-order valence-corrected chi connectivity index (χ1v) is 7.22. The molecule has 0 fully saturated rings. The molecule has 0 saturated carbocycles. The Kier molecular flexibility index (Phi) is 4.17. The lowest BCUT2D eigenvalue weighted by atomic mass is 10.0. The summed E-state index contributed by atoms with van der Waals surface area (Å²) in [6.45, 7) is -0.0465. The third-order valence-corrected chi connectivity index (χ3v) is 3.58. The average molecular weight is 305 g/mol. The van der Waals surface area contributed by atoms with Crippen molar-refractivity contribution in [2.75, 3.05) is 6.54 Å². The zero-order valence-electron chi connectivity index (χ0n) is 12.4. The lowest BCUT2D eigenvalue weighted by molar-refractivity contribution is 0.0737. The number of carbonyl (C=O) groups excluding carboxylic acids is 2. The number of ketones is 1. The molecule has 0 aliphatic carbocycles. The molecule has 2 N–H and O–H groups in total. The van der Waals surface area contributed by atoms with Crippen LogP contribution in [0.3, 0.4) is 0 Å². The van der Waals surface area contributed by atoms with Gasteiger partial charge in [-0.15, -0.1) is 0 Å². The SMILES string of the molecule is NCC(=O)c1ccc(OC(=O)c2cccc3ccccc23)cc1. The van der Waals surface area contributed by atoms with E-state index in [1.807, 2.05) is 36.4 Å². The second-order valence-electron chi connectivity index (χ2n) is 5.07. The molecule has 0 aliphatic rings. The van der Waals surface area contributed by atoms with Crippen LogP contribution in [0.2, 0.25) is 0 Å². The van der Waals surface area contributed by atoms with Crippen LogP contribution in [0.25, 0.3) is 10.8 Å². The molecule has 4 nitrogen and oxygen atoms in total. The molecule has 114 valence electrons. The van der Waals surface area contributed by atoms with Crippen molar-refractivity contribution in [1.82, 2.24) is 0 Å². The van der Waals surface area contributed by atoms with Crippen molar-refractivity contribution in [3.8, 4) is 5.75 Å². The van der Waals surface area contributed by atoms with E-state index in [0.717, 1.165) is 10.8 Å². The maximum atomic E-state index is 12.4. The Labute approximate surface area is 133 Å². The first kappa shape index (κ1) is 14.9. The first-order chi connectivity index (χ1) is 11.2. The summed E-state index contributed by atoms with van der Waals surface area (Å²) in [5.74, 6) is -0.201. The molecule has 23 heavy (non-hydrogen) atoms. The van der Waals surface area contributed by atoms with E-state index in [9.17, 15) is 9.59 Å². The number of esters is 1. The summed E-state index contributed by atoms with van der Waals surface area (Å²) in [6, 6.07) is 19.5. The van der Waals surface area contributed by atoms with Crippen LogP contribution in [0.4, 0.5) is 0 Å². The van der Waals surface area contributed by atoms with E-state index in [0.29, 0.717) is 16.9 Å². The van der Waals surface area contributed by atoms with Crippen LogP contribution in [0.15, 0.2) is 66.7 Å². The number of rotatable bonds is 4. The van der Waals surface area contributed by atoms with E-state index in [2.05, 4.69) is 0 Å². The topological polar surface area (TPSA) is 69.4 Å². The standard InChI is InChI=1S/C19H15NO3/c20-12-18(21)14-8-10-15(11-9-14)23-19(22)17-7-3-5-13-4-1-2-6-16(13)17/h1-11H,12,20H2. The molecule has 0 saturated heterocycles. The zero-order valence-corrected chi connectivity index (χ0v) is 12.4. The first-order valence-electron chi connectivity index (χ1n) is 7.22. The van der Waals surface area contributed by atoms with Crippen molar-refractivity contribution in [3.05, 3.63) is 77.9 Å². The Morgan fingerprint density at radius 2 is 1.57 bits per heavy atom. The van der Waals surface area contributed by atoms with E-state index in [4.69, 9.17) is 10.5 Å². The van der Waals surface area contributed by atoms with E-state index in [-0.39, 0.29) is 12.3 Å². The van der Waals surface area contributed by atoms with Gasteiger partial charge in [-0.05, 0) is 41.1 Å². The molecule has 0 amide bonds. The fourth-order valence-electron chi connectivity index (χ4n) is 2.39. The summed E-state index contributed by atoms with van der Waals surface area (Å²) < 4.78 is 5.40. The lowest BCUT2D eigenvalue weighted by Gasteiger charge is -2.07. The summed E-state index contributed by atoms with van der Waals surface area (Å²) in [7, 11) is 0. The van der Waals surface area contributed by atoms with Crippen LogP contribution in [0.1, 0.15) is 20.7 Å². The lowest BCUT2D eigenvalue weighted by Crippen LogP contribution is -2.13. The van der Waals surface area contributed by atoms with Gasteiger partial charge >= 0.3 is 5.97 Å². The zero-order chi connectivity index (χ0) is 16.2. The van der Waals surface area contributed by atoms with E-state index in [1.54, 1.807) is 30.3 Å². The number of fused-ring (bicyclic) bond motifs is 1. The van der Waals surface area contributed by atoms with Crippen LogP contribution in [-0.2, 0) is 0 Å². The number of hydrogen-bond donors (Lipinski definition) is 1. The molecule has 3 rings (SSSR count). The average Bonchev–Trinajstić information content (AvgIpc) is 2.61. The number of nitrogens with two attached hydrogens (primary N) is 1. The van der Waals surface area contributed by atoms with Crippen LogP contribution in [0, 0.1) is 0 Å². The Bertz CT molecular complexity index is 864. The Hall–Kier alpha value is -2.98. The fraction of sp³-hybridized carbons (Fsp3) is 0.0526. The predicted molar refractivity (Wildman–Crippen MR) is 88.7 cm³/mol. The highest BCUT2D eigenvalue weighted by atomic mass is 16.5. The Morgan fingerprint density at radius 1 is 0.870 bits per heavy atom. The van der Waals surface area contributed by atoms with Gasteiger partial charge < -0.3 is 10.5 Å². The second-order valence-corrected chi connectivity index (χ2v) is 5.07. The molecule has 0 aliphatic heterocycles. The van der Waals surface area contributed by atoms with Gasteiger partial charge in [-0.2, -0.15) is 0 Å². The quantitative estimate of drug-likeness (QED) is 0.456. The number of carbonyl (C=O) groups is 2. The van der Waals surface area contributed by atoms with Gasteiger partial charge in [-0.1, -0.05) is 36.4 Å². The Morgan fingerprint density at radius 3 is 2.30 bits per heavy atom. The van der Waals surface area contributed by atoms with Crippen LogP contribution < -0.4 is 10.5 Å². The van der Waals surface area contributed by atoms with Gasteiger partial charge in [-0.3, -0.25) is 4.79 Å². The maximum Gasteiger partial charge on any atom is 0.344 e. The van der Waals surface area contributed by atoms with Crippen molar-refractivity contribution in [3.63, 3.8) is 0 Å². The molecular weight excluding hydrogens is 290 g/mol. The van der Waals surface area contributed by atoms with Crippen LogP contribution in [0.5, 0.6) is 5.75 Å². The molecule has 0 spiro atoms. The van der Waals surface area contributed by atoms with Gasteiger partial charge in [0.2, 0.25) is 0 Å². The monoisotopic (exact) mass is 305 g/mol. The minimum absolute atomic E-state index is 0.0465. The molecule has 0 bridgehead atoms. The van der Waals surface area contributed by atoms with Gasteiger partial charge in [-0.25, -0.2) is 4.79 Å². The highest BCUT2D eigenvalue weighted by molar-refractivity contribution is 6.05. The minimum atomic E-state index is -0.431. The molecule has 0 unspecified atom stereocenters. The van der Waals surface area contributed by atoms with Crippen LogP contribution in [-0.4, -0.2) is 18.3 Å². The number of Topliss-reactive ketones (excluding diaryl/α,β-unsaturated/α-hetero) is 1. The summed E-state index contributed by atoms with van der Waals surface area (Å²) in [5, 5.41) is 1.82. The van der Waals surface area contributed by atoms with Gasteiger partial charge in [0, 0.05) is 5.56 Å². The van der Waals surface area contributed by atoms with Crippen molar-refractivity contribution >= 4 is 22.5 Å². The van der Waals surface area contributed by atoms with E-state index < -0.39 is 5.97 Å². The van der Waals surface area contributed by atoms with Crippen molar-refractivity contribution in [2.45, 2.75) is 0 Å². The van der Waals surface area contributed by atoms with Gasteiger partial charge in [0.1, 0.15) is 5.75 Å². The third-order valence-electron chi connectivity index (χ3n) is 3.58. The smallest absolute Gasteiger partial charge is 0.344 e. The molecule has 0 heterocycles. The van der Waals surface area contributed by atoms with Crippen molar-refractivity contribution < 1.29 is 14.3 Å². The molecule has 3 aromatic carbocycles. The largest absolute Gasteiger partial charge is 0.423 e. The predicted octanol–water partition coefficient (Wildman–Crippen LogP) is 3.20. The van der Waals surface area contributed by atoms with Gasteiger partial charge in [0.15, 0.2) is 5.78 Å². The summed E-state index contributed by atoms with van der Waals surface area (Å²) in [4.78, 5) is 23.9. The molecule has 3 aromatic rings. The van der Waals surface area contributed by atoms with Crippen LogP contribution >= 0.6 is 0 Å². The number of ether oxygens (including phenoxy) is 1. The fourth-order valence-corrected chi connectivity index (χ4v) is 2.39. The minimum Gasteiger partial charge on any atom is -0.423 e. The highest BCUT2D eigenvalue weighted by Gasteiger charge is 2.12. The number of hydrogen-bond acceptors (Lipinski definition) is 4. The normalized spacial score (nSPS) is 10.5. The van der Waals surface area contributed by atoms with E-state index in [1.165, 1.54) is 0 Å². The van der Waals surface area contributed by atoms with Crippen molar-refractivity contribution in [2.24, 2.45) is 5.73 Å². The second kappa shape index (κ2) is 6.42. The maximum absolute atomic E-state index is 12.4. The third kappa shape index (κ3) is 3.12. The molecule has 0 atom stereocenters.